The van der Waals surface area contributed by atoms with Gasteiger partial charge in [0.1, 0.15) is 5.54 Å². The summed E-state index contributed by atoms with van der Waals surface area (Å²) in [6.07, 6.45) is 3.26. The highest BCUT2D eigenvalue weighted by molar-refractivity contribution is 6.09. The Balaban J connectivity index is 1.77. The molecule has 0 spiro atoms. The molecule has 0 aliphatic carbocycles. The number of amides is 4. The predicted octanol–water partition coefficient (Wildman–Crippen LogP) is 2.59. The second kappa shape index (κ2) is 7.23. The quantitative estimate of drug-likeness (QED) is 0.643. The molecule has 1 saturated heterocycles. The van der Waals surface area contributed by atoms with Crippen LogP contribution in [-0.4, -0.2) is 22.9 Å². The number of nitrogens with zero attached hydrogens (tertiary/aromatic N) is 1. The third-order valence-corrected chi connectivity index (χ3v) is 4.34. The third-order valence-electron chi connectivity index (χ3n) is 4.34. The first-order valence-corrected chi connectivity index (χ1v) is 8.33. The number of rotatable bonds is 5. The van der Waals surface area contributed by atoms with E-state index in [1.54, 1.807) is 30.3 Å². The van der Waals surface area contributed by atoms with E-state index in [1.807, 2.05) is 43.3 Å². The Morgan fingerprint density at radius 1 is 1.08 bits per heavy atom. The van der Waals surface area contributed by atoms with Gasteiger partial charge in [-0.05, 0) is 23.6 Å². The zero-order valence-corrected chi connectivity index (χ0v) is 14.3. The lowest BCUT2D eigenvalue weighted by Crippen LogP contribution is -2.48. The number of hydrogen-bond donors (Lipinski definition) is 2. The summed E-state index contributed by atoms with van der Waals surface area (Å²) in [6, 6.07) is 17.6. The van der Waals surface area contributed by atoms with Gasteiger partial charge in [-0.1, -0.05) is 67.6 Å². The minimum absolute atomic E-state index is 0.369. The maximum Gasteiger partial charge on any atom is 0.344 e. The largest absolute Gasteiger partial charge is 0.344 e. The predicted molar refractivity (Wildman–Crippen MR) is 97.4 cm³/mol. The summed E-state index contributed by atoms with van der Waals surface area (Å²) in [7, 11) is 0. The lowest BCUT2D eigenvalue weighted by atomic mass is 9.87. The molecule has 6 nitrogen and oxygen atoms in total. The Labute approximate surface area is 151 Å². The molecule has 1 aliphatic heterocycles. The van der Waals surface area contributed by atoms with Crippen LogP contribution in [0.4, 0.5) is 4.79 Å². The van der Waals surface area contributed by atoms with Crippen LogP contribution in [0.25, 0.3) is 6.08 Å². The van der Waals surface area contributed by atoms with Crippen molar-refractivity contribution in [3.05, 3.63) is 77.9 Å². The molecule has 3 rings (SSSR count). The Bertz CT molecular complexity index is 849. The van der Waals surface area contributed by atoms with Gasteiger partial charge in [0.05, 0.1) is 0 Å². The van der Waals surface area contributed by atoms with Crippen LogP contribution in [0.2, 0.25) is 0 Å². The molecular formula is C20H19N3O3. The fourth-order valence-electron chi connectivity index (χ4n) is 2.92. The van der Waals surface area contributed by atoms with Crippen molar-refractivity contribution in [2.45, 2.75) is 18.9 Å². The molecule has 2 aromatic carbocycles. The van der Waals surface area contributed by atoms with Gasteiger partial charge in [-0.2, -0.15) is 5.01 Å². The maximum absolute atomic E-state index is 12.9. The topological polar surface area (TPSA) is 78.5 Å². The molecule has 1 fully saturated rings. The lowest BCUT2D eigenvalue weighted by molar-refractivity contribution is -0.138. The van der Waals surface area contributed by atoms with E-state index in [9.17, 15) is 14.4 Å². The molecule has 6 heteroatoms. The van der Waals surface area contributed by atoms with Crippen molar-refractivity contribution in [2.24, 2.45) is 0 Å². The van der Waals surface area contributed by atoms with Crippen molar-refractivity contribution in [3.63, 3.8) is 0 Å². The molecular weight excluding hydrogens is 330 g/mol. The first-order valence-electron chi connectivity index (χ1n) is 8.33. The van der Waals surface area contributed by atoms with Crippen molar-refractivity contribution >= 4 is 23.9 Å². The summed E-state index contributed by atoms with van der Waals surface area (Å²) in [5, 5.41) is 3.46. The number of nitrogens with one attached hydrogen (secondary N) is 2. The number of carbonyl (C=O) groups is 3. The fraction of sp³-hybridized carbons (Fsp3) is 0.150. The van der Waals surface area contributed by atoms with E-state index >= 15 is 0 Å². The fourth-order valence-corrected chi connectivity index (χ4v) is 2.92. The van der Waals surface area contributed by atoms with Crippen LogP contribution in [0.3, 0.4) is 0 Å². The second-order valence-corrected chi connectivity index (χ2v) is 5.92. The van der Waals surface area contributed by atoms with E-state index in [1.165, 1.54) is 6.08 Å². The van der Waals surface area contributed by atoms with Crippen LogP contribution in [-0.2, 0) is 15.1 Å². The Morgan fingerprint density at radius 3 is 2.31 bits per heavy atom. The normalized spacial score (nSPS) is 19.7. The summed E-state index contributed by atoms with van der Waals surface area (Å²) in [5.74, 6) is -1.06. The summed E-state index contributed by atoms with van der Waals surface area (Å²) in [4.78, 5) is 37.3. The number of benzene rings is 2. The molecule has 0 bridgehead atoms. The number of carbonyl (C=O) groups excluding carboxylic acids is 3. The van der Waals surface area contributed by atoms with Gasteiger partial charge in [-0.3, -0.25) is 15.0 Å². The highest BCUT2D eigenvalue weighted by Gasteiger charge is 2.52. The van der Waals surface area contributed by atoms with Crippen LogP contribution in [0.15, 0.2) is 66.7 Å². The molecule has 2 N–H and O–H groups in total. The van der Waals surface area contributed by atoms with E-state index < -0.39 is 23.4 Å². The minimum Gasteiger partial charge on any atom is -0.318 e. The van der Waals surface area contributed by atoms with Gasteiger partial charge in [-0.15, -0.1) is 0 Å². The van der Waals surface area contributed by atoms with Crippen molar-refractivity contribution in [1.82, 2.24) is 15.8 Å². The first-order chi connectivity index (χ1) is 12.6. The minimum atomic E-state index is -1.17. The van der Waals surface area contributed by atoms with E-state index in [4.69, 9.17) is 0 Å². The Kier molecular flexibility index (Phi) is 4.84. The monoisotopic (exact) mass is 349 g/mol. The molecule has 132 valence electrons. The van der Waals surface area contributed by atoms with Crippen LogP contribution < -0.4 is 10.7 Å². The number of imide groups is 1. The van der Waals surface area contributed by atoms with E-state index in [-0.39, 0.29) is 0 Å². The molecule has 0 aromatic heterocycles. The van der Waals surface area contributed by atoms with Gasteiger partial charge in [0.25, 0.3) is 11.8 Å². The van der Waals surface area contributed by atoms with E-state index in [0.717, 1.165) is 10.6 Å². The molecule has 4 amide bonds. The zero-order valence-electron chi connectivity index (χ0n) is 14.3. The molecule has 0 saturated carbocycles. The molecule has 0 unspecified atom stereocenters. The smallest absolute Gasteiger partial charge is 0.318 e. The van der Waals surface area contributed by atoms with Crippen LogP contribution in [0, 0.1) is 0 Å². The van der Waals surface area contributed by atoms with Crippen LogP contribution in [0.5, 0.6) is 0 Å². The van der Waals surface area contributed by atoms with Crippen molar-refractivity contribution in [2.75, 3.05) is 0 Å². The molecule has 0 radical (unpaired) electrons. The molecule has 1 heterocycles. The highest BCUT2D eigenvalue weighted by Crippen LogP contribution is 2.31. The molecule has 2 aromatic rings. The standard InChI is InChI=1S/C20H19N3O3/c1-2-20(16-11-7-4-8-12-16)18(25)23(19(26)21-20)22-17(24)14-13-15-9-5-3-6-10-15/h3-14H,2H2,1H3,(H,21,26)(H,22,24)/b14-13+/t20-/m1/s1. The van der Waals surface area contributed by atoms with Crippen molar-refractivity contribution < 1.29 is 14.4 Å². The van der Waals surface area contributed by atoms with Gasteiger partial charge in [0.2, 0.25) is 0 Å². The number of hydrogen-bond acceptors (Lipinski definition) is 3. The Hall–Kier alpha value is -3.41. The third kappa shape index (κ3) is 3.21. The summed E-state index contributed by atoms with van der Waals surface area (Å²) in [6.45, 7) is 1.81. The Morgan fingerprint density at radius 2 is 1.69 bits per heavy atom. The molecule has 1 aliphatic rings. The van der Waals surface area contributed by atoms with Gasteiger partial charge in [-0.25, -0.2) is 4.79 Å². The van der Waals surface area contributed by atoms with Gasteiger partial charge < -0.3 is 5.32 Å². The second-order valence-electron chi connectivity index (χ2n) is 5.92. The average Bonchev–Trinajstić information content (AvgIpc) is 2.93. The van der Waals surface area contributed by atoms with Gasteiger partial charge >= 0.3 is 6.03 Å². The molecule has 26 heavy (non-hydrogen) atoms. The average molecular weight is 349 g/mol. The maximum atomic E-state index is 12.9. The summed E-state index contributed by atoms with van der Waals surface area (Å²) >= 11 is 0. The SMILES string of the molecule is CC[C@]1(c2ccccc2)NC(=O)N(NC(=O)/C=C/c2ccccc2)C1=O. The highest BCUT2D eigenvalue weighted by atomic mass is 16.2. The van der Waals surface area contributed by atoms with E-state index in [0.29, 0.717) is 12.0 Å². The van der Waals surface area contributed by atoms with Crippen LogP contribution in [0.1, 0.15) is 24.5 Å². The summed E-state index contributed by atoms with van der Waals surface area (Å²) in [5.41, 5.74) is 2.70. The number of urea groups is 1. The first kappa shape index (κ1) is 17.4. The van der Waals surface area contributed by atoms with Crippen molar-refractivity contribution in [3.8, 4) is 0 Å². The van der Waals surface area contributed by atoms with Crippen molar-refractivity contribution in [1.29, 1.82) is 0 Å². The lowest BCUT2D eigenvalue weighted by Gasteiger charge is -2.25. The van der Waals surface area contributed by atoms with E-state index in [2.05, 4.69) is 10.7 Å². The van der Waals surface area contributed by atoms with Crippen LogP contribution >= 0.6 is 0 Å². The van der Waals surface area contributed by atoms with Gasteiger partial charge in [0.15, 0.2) is 0 Å². The van der Waals surface area contributed by atoms with Gasteiger partial charge in [0, 0.05) is 6.08 Å². The zero-order chi connectivity index (χ0) is 18.6. The number of hydrazine groups is 1. The summed E-state index contributed by atoms with van der Waals surface area (Å²) < 4.78 is 0. The molecule has 1 atom stereocenters.